The molecule has 2 aromatic rings. The van der Waals surface area contributed by atoms with Crippen LogP contribution in [0.2, 0.25) is 0 Å². The normalized spacial score (nSPS) is 15.9. The first-order valence-electron chi connectivity index (χ1n) is 10.2. The number of benzene rings is 2. The van der Waals surface area contributed by atoms with Crippen molar-refractivity contribution in [3.05, 3.63) is 65.2 Å². The lowest BCUT2D eigenvalue weighted by molar-refractivity contribution is -0.0258. The Balaban J connectivity index is 1.62. The molecule has 0 unspecified atom stereocenters. The van der Waals surface area contributed by atoms with Crippen LogP contribution in [0.3, 0.4) is 0 Å². The Morgan fingerprint density at radius 1 is 1.06 bits per heavy atom. The summed E-state index contributed by atoms with van der Waals surface area (Å²) in [5.74, 6) is -0.332. The van der Waals surface area contributed by atoms with Crippen molar-refractivity contribution in [1.82, 2.24) is 19.6 Å². The molecule has 9 heteroatoms. The van der Waals surface area contributed by atoms with Gasteiger partial charge in [-0.1, -0.05) is 34.8 Å². The Bertz CT molecular complexity index is 1000. The third-order valence-electron chi connectivity index (χ3n) is 5.44. The third kappa shape index (κ3) is 6.11. The van der Waals surface area contributed by atoms with Gasteiger partial charge in [-0.3, -0.25) is 14.5 Å². The highest BCUT2D eigenvalue weighted by molar-refractivity contribution is 7.89. The van der Waals surface area contributed by atoms with E-state index in [1.54, 1.807) is 12.1 Å². The largest absolute Gasteiger partial charge is 0.348 e. The average Bonchev–Trinajstić information content (AvgIpc) is 2.78. The molecule has 0 aliphatic carbocycles. The Kier molecular flexibility index (Phi) is 7.79. The maximum absolute atomic E-state index is 12.6. The highest BCUT2D eigenvalue weighted by Gasteiger charge is 2.22. The lowest BCUT2D eigenvalue weighted by Gasteiger charge is -2.32. The minimum absolute atomic E-state index is 0.00123. The van der Waals surface area contributed by atoms with Crippen molar-refractivity contribution >= 4 is 15.9 Å². The summed E-state index contributed by atoms with van der Waals surface area (Å²) >= 11 is 0. The second-order valence-electron chi connectivity index (χ2n) is 7.71. The van der Waals surface area contributed by atoms with Crippen LogP contribution < -0.4 is 5.32 Å². The van der Waals surface area contributed by atoms with Crippen molar-refractivity contribution in [1.29, 1.82) is 0 Å². The van der Waals surface area contributed by atoms with E-state index in [1.807, 2.05) is 12.1 Å². The van der Waals surface area contributed by atoms with Gasteiger partial charge in [0.05, 0.1) is 12.0 Å². The molecular formula is C22H30N4O4S. The SMILES string of the molecule is CON(C)S(=O)(=O)c1cccc(C(=O)NCc2cccc(CN3CCN(C)CC3)c2)c1. The fourth-order valence-electron chi connectivity index (χ4n) is 3.43. The average molecular weight is 447 g/mol. The summed E-state index contributed by atoms with van der Waals surface area (Å²) in [5.41, 5.74) is 2.49. The standard InChI is InChI=1S/C22H30N4O4S/c1-24-10-12-26(13-11-24)17-19-7-4-6-18(14-19)16-23-22(27)20-8-5-9-21(15-20)31(28,29)25(2)30-3/h4-9,14-15H,10-13,16-17H2,1-3H3,(H,23,27). The quantitative estimate of drug-likeness (QED) is 0.620. The van der Waals surface area contributed by atoms with E-state index in [1.165, 1.54) is 31.9 Å². The molecule has 0 saturated carbocycles. The third-order valence-corrected chi connectivity index (χ3v) is 7.11. The molecule has 0 spiro atoms. The van der Waals surface area contributed by atoms with Crippen molar-refractivity contribution in [2.45, 2.75) is 18.0 Å². The molecule has 0 radical (unpaired) electrons. The molecule has 0 atom stereocenters. The van der Waals surface area contributed by atoms with Crippen LogP contribution in [-0.2, 0) is 28.0 Å². The predicted molar refractivity (Wildman–Crippen MR) is 119 cm³/mol. The van der Waals surface area contributed by atoms with E-state index in [9.17, 15) is 13.2 Å². The number of carbonyl (C=O) groups is 1. The van der Waals surface area contributed by atoms with E-state index in [4.69, 9.17) is 4.84 Å². The van der Waals surface area contributed by atoms with Gasteiger partial charge in [0.15, 0.2) is 0 Å². The summed E-state index contributed by atoms with van der Waals surface area (Å²) in [6.45, 7) is 5.51. The number of rotatable bonds is 8. The van der Waals surface area contributed by atoms with Crippen LogP contribution in [0.25, 0.3) is 0 Å². The number of nitrogens with zero attached hydrogens (tertiary/aromatic N) is 3. The summed E-state index contributed by atoms with van der Waals surface area (Å²) in [5, 5.41) is 2.87. The van der Waals surface area contributed by atoms with Gasteiger partial charge < -0.3 is 10.2 Å². The summed E-state index contributed by atoms with van der Waals surface area (Å²) in [4.78, 5) is 22.1. The highest BCUT2D eigenvalue weighted by atomic mass is 32.2. The Hall–Kier alpha value is -2.30. The first-order chi connectivity index (χ1) is 14.8. The minimum Gasteiger partial charge on any atom is -0.348 e. The van der Waals surface area contributed by atoms with Crippen molar-refractivity contribution < 1.29 is 18.0 Å². The maximum Gasteiger partial charge on any atom is 0.264 e. The van der Waals surface area contributed by atoms with Crippen molar-refractivity contribution in [2.75, 3.05) is 47.4 Å². The van der Waals surface area contributed by atoms with E-state index in [2.05, 4.69) is 34.3 Å². The number of carbonyl (C=O) groups excluding carboxylic acids is 1. The van der Waals surface area contributed by atoms with Crippen molar-refractivity contribution in [3.8, 4) is 0 Å². The molecule has 1 heterocycles. The van der Waals surface area contributed by atoms with Crippen molar-refractivity contribution in [3.63, 3.8) is 0 Å². The van der Waals surface area contributed by atoms with Crippen molar-refractivity contribution in [2.24, 2.45) is 0 Å². The summed E-state index contributed by atoms with van der Waals surface area (Å²) in [6.07, 6.45) is 0. The number of hydrogen-bond donors (Lipinski definition) is 1. The molecule has 1 amide bonds. The number of hydroxylamine groups is 1. The first kappa shape index (κ1) is 23.4. The van der Waals surface area contributed by atoms with Crippen LogP contribution in [0.5, 0.6) is 0 Å². The van der Waals surface area contributed by atoms with Crippen LogP contribution in [0, 0.1) is 0 Å². The first-order valence-corrected chi connectivity index (χ1v) is 11.6. The topological polar surface area (TPSA) is 82.2 Å². The molecule has 3 rings (SSSR count). The van der Waals surface area contributed by atoms with Gasteiger partial charge in [-0.2, -0.15) is 0 Å². The van der Waals surface area contributed by atoms with Gasteiger partial charge in [-0.05, 0) is 36.4 Å². The fourth-order valence-corrected chi connectivity index (χ4v) is 4.45. The maximum atomic E-state index is 12.6. The van der Waals surface area contributed by atoms with Crippen LogP contribution >= 0.6 is 0 Å². The summed E-state index contributed by atoms with van der Waals surface area (Å²) in [6, 6.07) is 14.1. The number of likely N-dealkylation sites (N-methyl/N-ethyl adjacent to an activating group) is 1. The molecule has 0 aromatic heterocycles. The molecule has 31 heavy (non-hydrogen) atoms. The minimum atomic E-state index is -3.81. The van der Waals surface area contributed by atoms with Gasteiger partial charge in [0, 0.05) is 51.9 Å². The highest BCUT2D eigenvalue weighted by Crippen LogP contribution is 2.16. The lowest BCUT2D eigenvalue weighted by atomic mass is 10.1. The van der Waals surface area contributed by atoms with E-state index in [0.29, 0.717) is 6.54 Å². The predicted octanol–water partition coefficient (Wildman–Crippen LogP) is 1.55. The summed E-state index contributed by atoms with van der Waals surface area (Å²) in [7, 11) is 0.901. The van der Waals surface area contributed by atoms with Gasteiger partial charge in [0.25, 0.3) is 15.9 Å². The zero-order valence-corrected chi connectivity index (χ0v) is 19.1. The molecule has 2 aromatic carbocycles. The van der Waals surface area contributed by atoms with Crippen LogP contribution in [-0.4, -0.2) is 76.0 Å². The van der Waals surface area contributed by atoms with Gasteiger partial charge in [-0.25, -0.2) is 8.42 Å². The summed E-state index contributed by atoms with van der Waals surface area (Å²) < 4.78 is 25.6. The van der Waals surface area contributed by atoms with E-state index in [-0.39, 0.29) is 16.4 Å². The van der Waals surface area contributed by atoms with E-state index >= 15 is 0 Å². The molecule has 1 saturated heterocycles. The molecular weight excluding hydrogens is 416 g/mol. The van der Waals surface area contributed by atoms with Crippen LogP contribution in [0.15, 0.2) is 53.4 Å². The zero-order chi connectivity index (χ0) is 22.4. The zero-order valence-electron chi connectivity index (χ0n) is 18.2. The number of sulfonamides is 1. The smallest absolute Gasteiger partial charge is 0.264 e. The van der Waals surface area contributed by atoms with E-state index in [0.717, 1.165) is 42.8 Å². The number of amides is 1. The Morgan fingerprint density at radius 3 is 2.45 bits per heavy atom. The number of piperazine rings is 1. The van der Waals surface area contributed by atoms with Gasteiger partial charge >= 0.3 is 0 Å². The molecule has 8 nitrogen and oxygen atoms in total. The fraction of sp³-hybridized carbons (Fsp3) is 0.409. The number of hydrogen-bond acceptors (Lipinski definition) is 6. The lowest BCUT2D eigenvalue weighted by Crippen LogP contribution is -2.43. The molecule has 1 aliphatic heterocycles. The molecule has 1 N–H and O–H groups in total. The number of nitrogens with one attached hydrogen (secondary N) is 1. The molecule has 1 fully saturated rings. The Labute approximate surface area is 184 Å². The Morgan fingerprint density at radius 2 is 1.74 bits per heavy atom. The molecule has 168 valence electrons. The van der Waals surface area contributed by atoms with E-state index < -0.39 is 10.0 Å². The van der Waals surface area contributed by atoms with Gasteiger partial charge in [-0.15, -0.1) is 0 Å². The molecule has 0 bridgehead atoms. The second kappa shape index (κ2) is 10.3. The van der Waals surface area contributed by atoms with Crippen LogP contribution in [0.1, 0.15) is 21.5 Å². The van der Waals surface area contributed by atoms with Gasteiger partial charge in [0.1, 0.15) is 0 Å². The van der Waals surface area contributed by atoms with Gasteiger partial charge in [0.2, 0.25) is 0 Å². The monoisotopic (exact) mass is 446 g/mol. The second-order valence-corrected chi connectivity index (χ2v) is 9.64. The molecule has 1 aliphatic rings. The van der Waals surface area contributed by atoms with Crippen LogP contribution in [0.4, 0.5) is 0 Å².